The molecule has 0 saturated heterocycles. The minimum atomic E-state index is 0. The molecule has 0 aliphatic rings. The third-order valence-corrected chi connectivity index (χ3v) is 5.53. The highest BCUT2D eigenvalue weighted by atomic mass is 127. The van der Waals surface area contributed by atoms with Crippen LogP contribution in [0.5, 0.6) is 0 Å². The molecule has 2 aromatic rings. The van der Waals surface area contributed by atoms with E-state index in [0.29, 0.717) is 13.1 Å². The van der Waals surface area contributed by atoms with Crippen molar-refractivity contribution in [3.63, 3.8) is 0 Å². The molecule has 0 radical (unpaired) electrons. The lowest BCUT2D eigenvalue weighted by Crippen LogP contribution is -2.36. The molecule has 122 valence electrons. The molecule has 4 nitrogen and oxygen atoms in total. The smallest absolute Gasteiger partial charge is 0.191 e. The average Bonchev–Trinajstić information content (AvgIpc) is 3.00. The number of hydrogen-bond donors (Lipinski definition) is 2. The summed E-state index contributed by atoms with van der Waals surface area (Å²) < 4.78 is 1.14. The van der Waals surface area contributed by atoms with E-state index >= 15 is 0 Å². The maximum atomic E-state index is 4.60. The van der Waals surface area contributed by atoms with E-state index in [1.165, 1.54) is 9.75 Å². The molecule has 2 rings (SSSR count). The fourth-order valence-corrected chi connectivity index (χ4v) is 3.99. The van der Waals surface area contributed by atoms with Crippen LogP contribution in [0.1, 0.15) is 27.4 Å². The first kappa shape index (κ1) is 19.9. The van der Waals surface area contributed by atoms with Crippen molar-refractivity contribution in [3.05, 3.63) is 36.4 Å². The third kappa shape index (κ3) is 6.13. The zero-order valence-electron chi connectivity index (χ0n) is 12.8. The number of halogens is 2. The minimum absolute atomic E-state index is 0. The van der Waals surface area contributed by atoms with Crippen molar-refractivity contribution in [1.29, 1.82) is 0 Å². The van der Waals surface area contributed by atoms with Crippen LogP contribution in [0.25, 0.3) is 0 Å². The number of thiazole rings is 1. The summed E-state index contributed by atoms with van der Waals surface area (Å²) in [5.74, 6) is 0.826. The van der Waals surface area contributed by atoms with Gasteiger partial charge < -0.3 is 10.6 Å². The Hall–Kier alpha value is -0.190. The van der Waals surface area contributed by atoms with Gasteiger partial charge in [0.05, 0.1) is 22.6 Å². The molecule has 0 unspecified atom stereocenters. The second kappa shape index (κ2) is 9.84. The van der Waals surface area contributed by atoms with E-state index in [2.05, 4.69) is 62.5 Å². The summed E-state index contributed by atoms with van der Waals surface area (Å²) in [6.07, 6.45) is 0. The molecule has 0 aliphatic carbocycles. The van der Waals surface area contributed by atoms with Crippen LogP contribution in [0, 0.1) is 13.8 Å². The lowest BCUT2D eigenvalue weighted by Gasteiger charge is -2.09. The van der Waals surface area contributed by atoms with Crippen LogP contribution in [0.15, 0.2) is 20.9 Å². The molecule has 0 spiro atoms. The van der Waals surface area contributed by atoms with Gasteiger partial charge in [-0.3, -0.25) is 0 Å². The highest BCUT2D eigenvalue weighted by Crippen LogP contribution is 2.22. The maximum absolute atomic E-state index is 4.60. The molecule has 0 fully saturated rings. The van der Waals surface area contributed by atoms with E-state index in [1.54, 1.807) is 22.7 Å². The van der Waals surface area contributed by atoms with Crippen molar-refractivity contribution < 1.29 is 0 Å². The lowest BCUT2D eigenvalue weighted by molar-refractivity contribution is 0.811. The molecule has 2 N–H and O–H groups in total. The van der Waals surface area contributed by atoms with Gasteiger partial charge in [-0.25, -0.2) is 9.98 Å². The van der Waals surface area contributed by atoms with Crippen molar-refractivity contribution in [2.75, 3.05) is 6.54 Å². The van der Waals surface area contributed by atoms with Gasteiger partial charge in [0.15, 0.2) is 5.96 Å². The Morgan fingerprint density at radius 2 is 2.05 bits per heavy atom. The summed E-state index contributed by atoms with van der Waals surface area (Å²) >= 11 is 6.92. The van der Waals surface area contributed by atoms with Crippen molar-refractivity contribution in [3.8, 4) is 0 Å². The molecular weight excluding hydrogens is 495 g/mol. The van der Waals surface area contributed by atoms with Gasteiger partial charge in [0.1, 0.15) is 5.01 Å². The fraction of sp³-hybridized carbons (Fsp3) is 0.429. The van der Waals surface area contributed by atoms with Crippen LogP contribution >= 0.6 is 62.6 Å². The second-order valence-corrected chi connectivity index (χ2v) is 8.34. The van der Waals surface area contributed by atoms with Gasteiger partial charge in [0.2, 0.25) is 0 Å². The minimum Gasteiger partial charge on any atom is -0.357 e. The Kier molecular flexibility index (Phi) is 8.88. The lowest BCUT2D eigenvalue weighted by atomic mass is 10.4. The predicted octanol–water partition coefficient (Wildman–Crippen LogP) is 4.46. The van der Waals surface area contributed by atoms with Gasteiger partial charge in [0, 0.05) is 16.3 Å². The largest absolute Gasteiger partial charge is 0.357 e. The first-order chi connectivity index (χ1) is 10.1. The molecule has 0 bridgehead atoms. The summed E-state index contributed by atoms with van der Waals surface area (Å²) in [4.78, 5) is 11.6. The van der Waals surface area contributed by atoms with Crippen molar-refractivity contribution in [2.24, 2.45) is 4.99 Å². The molecule has 0 atom stereocenters. The van der Waals surface area contributed by atoms with Crippen LogP contribution in [-0.4, -0.2) is 17.5 Å². The zero-order valence-corrected chi connectivity index (χ0v) is 18.3. The van der Waals surface area contributed by atoms with Crippen molar-refractivity contribution >= 4 is 68.5 Å². The molecular formula is C14H20BrIN4S2. The Morgan fingerprint density at radius 1 is 1.27 bits per heavy atom. The summed E-state index contributed by atoms with van der Waals surface area (Å²) in [6, 6.07) is 4.15. The fourth-order valence-electron chi connectivity index (χ4n) is 1.71. The van der Waals surface area contributed by atoms with Crippen LogP contribution in [0.3, 0.4) is 0 Å². The first-order valence-electron chi connectivity index (χ1n) is 6.77. The maximum Gasteiger partial charge on any atom is 0.191 e. The number of aliphatic imine (C=N–C) groups is 1. The summed E-state index contributed by atoms with van der Waals surface area (Å²) in [7, 11) is 0. The van der Waals surface area contributed by atoms with Gasteiger partial charge >= 0.3 is 0 Å². The van der Waals surface area contributed by atoms with Gasteiger partial charge in [-0.05, 0) is 48.8 Å². The monoisotopic (exact) mass is 514 g/mol. The molecule has 0 aromatic carbocycles. The van der Waals surface area contributed by atoms with E-state index in [0.717, 1.165) is 27.0 Å². The summed E-state index contributed by atoms with van der Waals surface area (Å²) in [5, 5.41) is 7.69. The van der Waals surface area contributed by atoms with E-state index in [9.17, 15) is 0 Å². The average molecular weight is 515 g/mol. The Balaban J connectivity index is 0.00000242. The summed E-state index contributed by atoms with van der Waals surface area (Å²) in [6.45, 7) is 8.45. The van der Waals surface area contributed by atoms with Gasteiger partial charge in [0.25, 0.3) is 0 Å². The first-order valence-corrected chi connectivity index (χ1v) is 9.20. The molecule has 0 aliphatic heterocycles. The van der Waals surface area contributed by atoms with E-state index in [-0.39, 0.29) is 24.0 Å². The second-order valence-electron chi connectivity index (χ2n) is 4.50. The van der Waals surface area contributed by atoms with Crippen LogP contribution in [0.2, 0.25) is 0 Å². The number of thiophene rings is 1. The molecule has 2 aromatic heterocycles. The molecule has 2 heterocycles. The van der Waals surface area contributed by atoms with Gasteiger partial charge in [-0.1, -0.05) is 0 Å². The quantitative estimate of drug-likeness (QED) is 0.352. The molecule has 8 heteroatoms. The zero-order chi connectivity index (χ0) is 15.2. The Morgan fingerprint density at radius 3 is 2.59 bits per heavy atom. The molecule has 22 heavy (non-hydrogen) atoms. The Labute approximate surface area is 165 Å². The van der Waals surface area contributed by atoms with Gasteiger partial charge in [-0.15, -0.1) is 46.7 Å². The summed E-state index contributed by atoms with van der Waals surface area (Å²) in [5.41, 5.74) is 1.11. The van der Waals surface area contributed by atoms with Crippen LogP contribution in [0.4, 0.5) is 0 Å². The van der Waals surface area contributed by atoms with Crippen molar-refractivity contribution in [2.45, 2.75) is 33.9 Å². The number of nitrogens with zero attached hydrogens (tertiary/aromatic N) is 2. The highest BCUT2D eigenvalue weighted by molar-refractivity contribution is 14.0. The highest BCUT2D eigenvalue weighted by Gasteiger charge is 2.05. The SMILES string of the molecule is CCNC(=NCc1ccc(Br)s1)NCc1nc(C)c(C)s1.I. The van der Waals surface area contributed by atoms with Crippen LogP contribution in [-0.2, 0) is 13.1 Å². The van der Waals surface area contributed by atoms with Gasteiger partial charge in [-0.2, -0.15) is 0 Å². The van der Waals surface area contributed by atoms with E-state index in [1.807, 2.05) is 6.92 Å². The third-order valence-electron chi connectivity index (χ3n) is 2.85. The van der Waals surface area contributed by atoms with Crippen molar-refractivity contribution in [1.82, 2.24) is 15.6 Å². The van der Waals surface area contributed by atoms with E-state index in [4.69, 9.17) is 0 Å². The predicted molar refractivity (Wildman–Crippen MR) is 111 cm³/mol. The van der Waals surface area contributed by atoms with Crippen LogP contribution < -0.4 is 10.6 Å². The van der Waals surface area contributed by atoms with E-state index < -0.39 is 0 Å². The number of guanidine groups is 1. The Bertz CT molecular complexity index is 605. The molecule has 0 saturated carbocycles. The number of aryl methyl sites for hydroxylation is 2. The number of nitrogens with one attached hydrogen (secondary N) is 2. The standard InChI is InChI=1S/C14H19BrN4S2.HI/c1-4-16-14(17-7-11-5-6-12(15)21-11)18-8-13-19-9(2)10(3)20-13;/h5-6H,4,7-8H2,1-3H3,(H2,16,17,18);1H. The molecule has 0 amide bonds. The number of hydrogen-bond acceptors (Lipinski definition) is 4. The normalized spacial score (nSPS) is 11.2. The number of rotatable bonds is 5. The topological polar surface area (TPSA) is 49.3 Å². The number of aromatic nitrogens is 1.